The van der Waals surface area contributed by atoms with Gasteiger partial charge in [-0.3, -0.25) is 14.6 Å². The highest BCUT2D eigenvalue weighted by Gasteiger charge is 2.22. The van der Waals surface area contributed by atoms with Gasteiger partial charge in [0.05, 0.1) is 13.2 Å². The molecule has 1 heterocycles. The molecule has 0 saturated carbocycles. The van der Waals surface area contributed by atoms with Gasteiger partial charge in [-0.05, 0) is 30.0 Å². The van der Waals surface area contributed by atoms with Crippen LogP contribution in [0.4, 0.5) is 0 Å². The Hall–Kier alpha value is -2.61. The zero-order valence-corrected chi connectivity index (χ0v) is 17.7. The van der Waals surface area contributed by atoms with Gasteiger partial charge in [-0.25, -0.2) is 0 Å². The molecule has 2 rings (SSSR count). The lowest BCUT2D eigenvalue weighted by Gasteiger charge is -2.26. The summed E-state index contributed by atoms with van der Waals surface area (Å²) in [5.74, 6) is 1.12. The van der Waals surface area contributed by atoms with Crippen LogP contribution in [0.25, 0.3) is 0 Å². The first-order valence-electron chi connectivity index (χ1n) is 10.2. The van der Waals surface area contributed by atoms with Crippen molar-refractivity contribution in [1.29, 1.82) is 0 Å². The minimum Gasteiger partial charge on any atom is -0.380 e. The standard InChI is InChI=1S/C21H33N5O3/c1-16(2)8-12-29-13-10-24-21(22-3)25-14-17-4-6-18(7-5-17)20(28)26-11-9-23-19(27)15-26/h4-7,16H,8-15H2,1-3H3,(H,23,27)(H2,22,24,25). The molecule has 160 valence electrons. The molecule has 0 atom stereocenters. The fraction of sp³-hybridized carbons (Fsp3) is 0.571. The van der Waals surface area contributed by atoms with Crippen LogP contribution >= 0.6 is 0 Å². The molecule has 0 spiro atoms. The molecule has 2 amide bonds. The summed E-state index contributed by atoms with van der Waals surface area (Å²) < 4.78 is 5.59. The molecule has 1 fully saturated rings. The van der Waals surface area contributed by atoms with Gasteiger partial charge in [-0.2, -0.15) is 0 Å². The Morgan fingerprint density at radius 2 is 2.00 bits per heavy atom. The van der Waals surface area contributed by atoms with Crippen molar-refractivity contribution >= 4 is 17.8 Å². The fourth-order valence-electron chi connectivity index (χ4n) is 2.83. The van der Waals surface area contributed by atoms with Crippen molar-refractivity contribution in [3.8, 4) is 0 Å². The third-order valence-electron chi connectivity index (χ3n) is 4.59. The van der Waals surface area contributed by atoms with E-state index in [2.05, 4.69) is 34.8 Å². The zero-order valence-electron chi connectivity index (χ0n) is 17.7. The Bertz CT molecular complexity index is 688. The van der Waals surface area contributed by atoms with E-state index in [4.69, 9.17) is 4.74 Å². The van der Waals surface area contributed by atoms with Crippen molar-refractivity contribution in [2.45, 2.75) is 26.8 Å². The molecule has 0 aromatic heterocycles. The van der Waals surface area contributed by atoms with E-state index in [9.17, 15) is 9.59 Å². The van der Waals surface area contributed by atoms with Gasteiger partial charge in [-0.15, -0.1) is 0 Å². The summed E-state index contributed by atoms with van der Waals surface area (Å²) in [5, 5.41) is 9.19. The number of rotatable bonds is 9. The maximum Gasteiger partial charge on any atom is 0.254 e. The number of hydrogen-bond donors (Lipinski definition) is 3. The topological polar surface area (TPSA) is 95.1 Å². The van der Waals surface area contributed by atoms with Gasteiger partial charge in [0.15, 0.2) is 5.96 Å². The molecular formula is C21H33N5O3. The smallest absolute Gasteiger partial charge is 0.254 e. The van der Waals surface area contributed by atoms with Crippen molar-refractivity contribution in [3.05, 3.63) is 35.4 Å². The van der Waals surface area contributed by atoms with Crippen LogP contribution < -0.4 is 16.0 Å². The second-order valence-electron chi connectivity index (χ2n) is 7.42. The lowest BCUT2D eigenvalue weighted by atomic mass is 10.1. The molecule has 3 N–H and O–H groups in total. The van der Waals surface area contributed by atoms with E-state index >= 15 is 0 Å². The molecule has 1 saturated heterocycles. The Kier molecular flexibility index (Phi) is 9.43. The number of carbonyl (C=O) groups excluding carboxylic acids is 2. The molecule has 0 bridgehead atoms. The van der Waals surface area contributed by atoms with Crippen LogP contribution in [0.15, 0.2) is 29.3 Å². The van der Waals surface area contributed by atoms with E-state index in [0.717, 1.165) is 18.6 Å². The minimum absolute atomic E-state index is 0.116. The van der Waals surface area contributed by atoms with Crippen molar-refractivity contribution in [3.63, 3.8) is 0 Å². The monoisotopic (exact) mass is 403 g/mol. The molecular weight excluding hydrogens is 370 g/mol. The maximum atomic E-state index is 12.5. The summed E-state index contributed by atoms with van der Waals surface area (Å²) in [6.07, 6.45) is 1.07. The Labute approximate surface area is 173 Å². The van der Waals surface area contributed by atoms with Crippen molar-refractivity contribution in [1.82, 2.24) is 20.9 Å². The average Bonchev–Trinajstić information content (AvgIpc) is 2.72. The molecule has 0 radical (unpaired) electrons. The van der Waals surface area contributed by atoms with Crippen molar-refractivity contribution in [2.75, 3.05) is 46.4 Å². The van der Waals surface area contributed by atoms with E-state index in [1.54, 1.807) is 24.1 Å². The molecule has 1 aliphatic heterocycles. The second kappa shape index (κ2) is 12.1. The predicted octanol–water partition coefficient (Wildman–Crippen LogP) is 0.986. The van der Waals surface area contributed by atoms with E-state index in [-0.39, 0.29) is 18.4 Å². The van der Waals surface area contributed by atoms with Crippen LogP contribution in [-0.2, 0) is 16.1 Å². The summed E-state index contributed by atoms with van der Waals surface area (Å²) in [4.78, 5) is 29.7. The highest BCUT2D eigenvalue weighted by Crippen LogP contribution is 2.09. The van der Waals surface area contributed by atoms with Gasteiger partial charge in [0.25, 0.3) is 5.91 Å². The Morgan fingerprint density at radius 1 is 1.24 bits per heavy atom. The number of carbonyl (C=O) groups is 2. The normalized spacial score (nSPS) is 14.7. The zero-order chi connectivity index (χ0) is 21.1. The molecule has 29 heavy (non-hydrogen) atoms. The first-order chi connectivity index (χ1) is 14.0. The van der Waals surface area contributed by atoms with E-state index in [0.29, 0.717) is 50.2 Å². The number of hydrogen-bond acceptors (Lipinski definition) is 4. The lowest BCUT2D eigenvalue weighted by molar-refractivity contribution is -0.123. The summed E-state index contributed by atoms with van der Waals surface area (Å²) in [5.41, 5.74) is 1.62. The number of benzene rings is 1. The average molecular weight is 404 g/mol. The van der Waals surface area contributed by atoms with Gasteiger partial charge in [0.1, 0.15) is 0 Å². The van der Waals surface area contributed by atoms with Gasteiger partial charge < -0.3 is 25.6 Å². The van der Waals surface area contributed by atoms with Crippen molar-refractivity contribution < 1.29 is 14.3 Å². The second-order valence-corrected chi connectivity index (χ2v) is 7.42. The maximum absolute atomic E-state index is 12.5. The first kappa shape index (κ1) is 22.7. The SMILES string of the molecule is CN=C(NCCOCCC(C)C)NCc1ccc(C(=O)N2CCNC(=O)C2)cc1. The molecule has 1 aromatic rings. The number of aliphatic imine (C=N–C) groups is 1. The largest absolute Gasteiger partial charge is 0.380 e. The summed E-state index contributed by atoms with van der Waals surface area (Å²) >= 11 is 0. The highest BCUT2D eigenvalue weighted by atomic mass is 16.5. The number of guanidine groups is 1. The van der Waals surface area contributed by atoms with Crippen LogP contribution in [0.3, 0.4) is 0 Å². The third-order valence-corrected chi connectivity index (χ3v) is 4.59. The van der Waals surface area contributed by atoms with Gasteiger partial charge >= 0.3 is 0 Å². The molecule has 0 unspecified atom stereocenters. The molecule has 0 aliphatic carbocycles. The van der Waals surface area contributed by atoms with Crippen molar-refractivity contribution in [2.24, 2.45) is 10.9 Å². The summed E-state index contributed by atoms with van der Waals surface area (Å²) in [6.45, 7) is 8.22. The number of nitrogens with one attached hydrogen (secondary N) is 3. The van der Waals surface area contributed by atoms with Gasteiger partial charge in [-0.1, -0.05) is 26.0 Å². The van der Waals surface area contributed by atoms with Gasteiger partial charge in [0.2, 0.25) is 5.91 Å². The first-order valence-corrected chi connectivity index (χ1v) is 10.2. The quantitative estimate of drug-likeness (QED) is 0.325. The fourth-order valence-corrected chi connectivity index (χ4v) is 2.83. The molecule has 8 nitrogen and oxygen atoms in total. The Morgan fingerprint density at radius 3 is 2.66 bits per heavy atom. The minimum atomic E-state index is -0.116. The van der Waals surface area contributed by atoms with E-state index in [1.165, 1.54) is 0 Å². The van der Waals surface area contributed by atoms with Crippen LogP contribution in [0, 0.1) is 5.92 Å². The molecule has 8 heteroatoms. The summed E-state index contributed by atoms with van der Waals surface area (Å²) in [6, 6.07) is 7.41. The number of amides is 2. The van der Waals surface area contributed by atoms with E-state index < -0.39 is 0 Å². The predicted molar refractivity (Wildman–Crippen MR) is 114 cm³/mol. The van der Waals surface area contributed by atoms with Crippen LogP contribution in [-0.4, -0.2) is 69.1 Å². The highest BCUT2D eigenvalue weighted by molar-refractivity contribution is 5.97. The summed E-state index contributed by atoms with van der Waals surface area (Å²) in [7, 11) is 1.73. The number of ether oxygens (including phenoxy) is 1. The Balaban J connectivity index is 1.72. The van der Waals surface area contributed by atoms with Gasteiger partial charge in [0, 0.05) is 45.4 Å². The third kappa shape index (κ3) is 8.11. The lowest BCUT2D eigenvalue weighted by Crippen LogP contribution is -2.49. The van der Waals surface area contributed by atoms with Crippen LogP contribution in [0.1, 0.15) is 36.2 Å². The molecule has 1 aliphatic rings. The van der Waals surface area contributed by atoms with Crippen LogP contribution in [0.5, 0.6) is 0 Å². The molecule has 1 aromatic carbocycles. The number of nitrogens with zero attached hydrogens (tertiary/aromatic N) is 2. The van der Waals surface area contributed by atoms with E-state index in [1.807, 2.05) is 12.1 Å². The number of piperazine rings is 1. The van der Waals surface area contributed by atoms with Crippen LogP contribution in [0.2, 0.25) is 0 Å².